The van der Waals surface area contributed by atoms with Crippen molar-refractivity contribution in [3.05, 3.63) is 109 Å². The van der Waals surface area contributed by atoms with Crippen LogP contribution in [0, 0.1) is 6.92 Å². The summed E-state index contributed by atoms with van der Waals surface area (Å²) in [5.41, 5.74) is 1.15. The van der Waals surface area contributed by atoms with Gasteiger partial charge < -0.3 is 43.0 Å². The maximum Gasteiger partial charge on any atom is 0.513 e. The number of ether oxygens (including phenoxy) is 8. The Kier molecular flexibility index (Phi) is 16.2. The number of carbonyl (C=O) groups is 5. The van der Waals surface area contributed by atoms with Gasteiger partial charge in [0.2, 0.25) is 6.29 Å². The summed E-state index contributed by atoms with van der Waals surface area (Å²) in [7, 11) is 0. The molecule has 0 radical (unpaired) electrons. The number of aliphatic hydroxyl groups is 1. The molecule has 0 saturated heterocycles. The highest BCUT2D eigenvalue weighted by Gasteiger charge is 2.15. The first-order valence-electron chi connectivity index (χ1n) is 15.7. The third kappa shape index (κ3) is 14.5. The molecule has 51 heavy (non-hydrogen) atoms. The lowest BCUT2D eigenvalue weighted by Crippen LogP contribution is -2.13. The molecule has 0 aliphatic heterocycles. The minimum absolute atomic E-state index is 0.0713. The SMILES string of the molecule is C=CC(=O)OCCCCOC(=O)Oc1ccc(C(=O)Oc2ccc(OC(O)c3ccc(OC(=O)OCCCCOC(=O)C=C)cc3)c(C)c2)cc1. The molecule has 14 heteroatoms. The fourth-order valence-corrected chi connectivity index (χ4v) is 3.97. The molecular formula is C37H38O14. The van der Waals surface area contributed by atoms with Gasteiger partial charge in [-0.15, -0.1) is 0 Å². The number of hydrogen-bond donors (Lipinski definition) is 1. The molecule has 3 aromatic carbocycles. The van der Waals surface area contributed by atoms with Gasteiger partial charge >= 0.3 is 30.2 Å². The van der Waals surface area contributed by atoms with E-state index in [1.807, 2.05) is 0 Å². The van der Waals surface area contributed by atoms with Crippen LogP contribution >= 0.6 is 0 Å². The molecule has 0 aliphatic carbocycles. The number of carbonyl (C=O) groups excluding carboxylic acids is 5. The summed E-state index contributed by atoms with van der Waals surface area (Å²) in [5.74, 6) is -0.794. The second-order valence-corrected chi connectivity index (χ2v) is 10.4. The van der Waals surface area contributed by atoms with Gasteiger partial charge in [0, 0.05) is 17.7 Å². The predicted octanol–water partition coefficient (Wildman–Crippen LogP) is 6.33. The quantitative estimate of drug-likeness (QED) is 0.0278. The van der Waals surface area contributed by atoms with Gasteiger partial charge in [-0.1, -0.05) is 13.2 Å². The van der Waals surface area contributed by atoms with Crippen LogP contribution in [0.4, 0.5) is 9.59 Å². The predicted molar refractivity (Wildman–Crippen MR) is 179 cm³/mol. The molecule has 0 bridgehead atoms. The molecule has 3 aromatic rings. The van der Waals surface area contributed by atoms with Crippen molar-refractivity contribution in [2.45, 2.75) is 38.9 Å². The largest absolute Gasteiger partial charge is 0.513 e. The molecule has 0 saturated carbocycles. The van der Waals surface area contributed by atoms with E-state index in [-0.39, 0.29) is 49.2 Å². The first-order valence-corrected chi connectivity index (χ1v) is 15.7. The summed E-state index contributed by atoms with van der Waals surface area (Å²) in [6.07, 6.45) is 0.880. The molecule has 14 nitrogen and oxygen atoms in total. The summed E-state index contributed by atoms with van der Waals surface area (Å²) in [5, 5.41) is 10.6. The molecule has 0 fully saturated rings. The third-order valence-corrected chi connectivity index (χ3v) is 6.59. The van der Waals surface area contributed by atoms with Gasteiger partial charge in [0.25, 0.3) is 0 Å². The Morgan fingerprint density at radius 3 is 1.55 bits per heavy atom. The third-order valence-electron chi connectivity index (χ3n) is 6.59. The lowest BCUT2D eigenvalue weighted by atomic mass is 10.2. The Morgan fingerprint density at radius 1 is 0.627 bits per heavy atom. The molecular weight excluding hydrogens is 668 g/mol. The zero-order chi connectivity index (χ0) is 37.0. The molecule has 0 aromatic heterocycles. The number of unbranched alkanes of at least 4 members (excludes halogenated alkanes) is 2. The summed E-state index contributed by atoms with van der Waals surface area (Å²) in [6.45, 7) is 8.82. The Hall–Kier alpha value is -6.15. The van der Waals surface area contributed by atoms with Crippen molar-refractivity contribution >= 4 is 30.2 Å². The van der Waals surface area contributed by atoms with Crippen molar-refractivity contribution in [3.8, 4) is 23.0 Å². The number of esters is 3. The minimum atomic E-state index is -1.36. The second kappa shape index (κ2) is 21.0. The van der Waals surface area contributed by atoms with E-state index < -0.39 is 36.5 Å². The molecule has 3 rings (SSSR count). The lowest BCUT2D eigenvalue weighted by Gasteiger charge is -2.16. The van der Waals surface area contributed by atoms with Gasteiger partial charge in [0.15, 0.2) is 0 Å². The second-order valence-electron chi connectivity index (χ2n) is 10.4. The van der Waals surface area contributed by atoms with Crippen LogP contribution in [0.5, 0.6) is 23.0 Å². The van der Waals surface area contributed by atoms with Crippen molar-refractivity contribution < 1.29 is 67.0 Å². The van der Waals surface area contributed by atoms with E-state index >= 15 is 0 Å². The first kappa shape index (κ1) is 39.3. The molecule has 0 amide bonds. The van der Waals surface area contributed by atoms with E-state index in [1.165, 1.54) is 60.7 Å². The number of aliphatic hydroxyl groups excluding tert-OH is 1. The van der Waals surface area contributed by atoms with Crippen molar-refractivity contribution in [2.75, 3.05) is 26.4 Å². The highest BCUT2D eigenvalue weighted by molar-refractivity contribution is 5.91. The van der Waals surface area contributed by atoms with Gasteiger partial charge in [-0.2, -0.15) is 0 Å². The number of rotatable bonds is 19. The van der Waals surface area contributed by atoms with Crippen LogP contribution in [-0.4, -0.2) is 61.8 Å². The monoisotopic (exact) mass is 706 g/mol. The van der Waals surface area contributed by atoms with Crippen molar-refractivity contribution in [1.82, 2.24) is 0 Å². The van der Waals surface area contributed by atoms with Gasteiger partial charge in [-0.3, -0.25) is 0 Å². The standard InChI is InChI=1S/C37H38O14/c1-4-32(38)44-20-6-8-22-46-36(42)49-28-14-10-26(11-15-28)34(40)48-30-18-19-31(25(3)24-30)51-35(41)27-12-16-29(17-13-27)50-37(43)47-23-9-7-21-45-33(39)5-2/h4-5,10-19,24,35,41H,1-2,6-9,20-23H2,3H3. The van der Waals surface area contributed by atoms with Crippen molar-refractivity contribution in [3.63, 3.8) is 0 Å². The van der Waals surface area contributed by atoms with E-state index in [4.69, 9.17) is 37.9 Å². The summed E-state index contributed by atoms with van der Waals surface area (Å²) >= 11 is 0. The van der Waals surface area contributed by atoms with Gasteiger partial charge in [0.05, 0.1) is 32.0 Å². The maximum absolute atomic E-state index is 12.7. The van der Waals surface area contributed by atoms with Gasteiger partial charge in [-0.05, 0) is 105 Å². The fraction of sp³-hybridized carbons (Fsp3) is 0.270. The van der Waals surface area contributed by atoms with Gasteiger partial charge in [-0.25, -0.2) is 24.0 Å². The topological polar surface area (TPSA) is 179 Å². The number of benzene rings is 3. The van der Waals surface area contributed by atoms with E-state index in [0.29, 0.717) is 42.6 Å². The molecule has 270 valence electrons. The van der Waals surface area contributed by atoms with Crippen LogP contribution in [0.25, 0.3) is 0 Å². The lowest BCUT2D eigenvalue weighted by molar-refractivity contribution is -0.138. The van der Waals surface area contributed by atoms with Gasteiger partial charge in [0.1, 0.15) is 23.0 Å². The molecule has 1 atom stereocenters. The Morgan fingerprint density at radius 2 is 1.08 bits per heavy atom. The van der Waals surface area contributed by atoms with Crippen LogP contribution in [0.1, 0.15) is 53.5 Å². The van der Waals surface area contributed by atoms with Crippen LogP contribution in [0.2, 0.25) is 0 Å². The van der Waals surface area contributed by atoms with E-state index in [2.05, 4.69) is 13.2 Å². The number of hydrogen-bond acceptors (Lipinski definition) is 14. The van der Waals surface area contributed by atoms with E-state index in [1.54, 1.807) is 13.0 Å². The molecule has 0 spiro atoms. The Labute approximate surface area is 294 Å². The zero-order valence-electron chi connectivity index (χ0n) is 27.9. The normalized spacial score (nSPS) is 10.9. The van der Waals surface area contributed by atoms with E-state index in [9.17, 15) is 29.1 Å². The fourth-order valence-electron chi connectivity index (χ4n) is 3.97. The minimum Gasteiger partial charge on any atom is -0.463 e. The highest BCUT2D eigenvalue weighted by Crippen LogP contribution is 2.28. The maximum atomic E-state index is 12.7. The Balaban J connectivity index is 1.40. The van der Waals surface area contributed by atoms with Crippen LogP contribution in [0.3, 0.4) is 0 Å². The molecule has 1 N–H and O–H groups in total. The first-order chi connectivity index (χ1) is 24.6. The van der Waals surface area contributed by atoms with Crippen LogP contribution in [-0.2, 0) is 28.5 Å². The molecule has 1 unspecified atom stereocenters. The smallest absolute Gasteiger partial charge is 0.463 e. The van der Waals surface area contributed by atoms with Crippen molar-refractivity contribution in [1.29, 1.82) is 0 Å². The highest BCUT2D eigenvalue weighted by atomic mass is 16.7. The zero-order valence-corrected chi connectivity index (χ0v) is 27.9. The molecule has 0 aliphatic rings. The average Bonchev–Trinajstić information content (AvgIpc) is 3.12. The summed E-state index contributed by atoms with van der Waals surface area (Å²) < 4.78 is 41.0. The molecule has 0 heterocycles. The summed E-state index contributed by atoms with van der Waals surface area (Å²) in [6, 6.07) is 16.2. The van der Waals surface area contributed by atoms with E-state index in [0.717, 1.165) is 12.2 Å². The Bertz CT molecular complexity index is 1650. The number of aryl methyl sites for hydroxylation is 1. The average molecular weight is 707 g/mol. The van der Waals surface area contributed by atoms with Crippen LogP contribution in [0.15, 0.2) is 92.0 Å². The summed E-state index contributed by atoms with van der Waals surface area (Å²) in [4.78, 5) is 58.5. The van der Waals surface area contributed by atoms with Crippen LogP contribution < -0.4 is 18.9 Å². The van der Waals surface area contributed by atoms with Crippen molar-refractivity contribution in [2.24, 2.45) is 0 Å².